The number of nitrogens with one attached hydrogen (secondary N) is 1. The molecular weight excluding hydrogens is 300 g/mol. The second-order valence-corrected chi connectivity index (χ2v) is 6.46. The third-order valence-corrected chi connectivity index (χ3v) is 4.66. The van der Waals surface area contributed by atoms with E-state index in [0.717, 1.165) is 12.0 Å². The van der Waals surface area contributed by atoms with Gasteiger partial charge in [0.2, 0.25) is 11.8 Å². The molecule has 124 valence electrons. The Bertz CT molecular complexity index is 742. The maximum atomic E-state index is 12.5. The smallest absolute Gasteiger partial charge is 0.240 e. The van der Waals surface area contributed by atoms with Crippen LogP contribution in [0.1, 0.15) is 29.0 Å². The van der Waals surface area contributed by atoms with Crippen molar-refractivity contribution in [3.63, 3.8) is 0 Å². The fraction of sp³-hybridized carbons (Fsp3) is 0.300. The number of hydrogen-bond acceptors (Lipinski definition) is 2. The Morgan fingerprint density at radius 3 is 2.46 bits per heavy atom. The molecule has 3 rings (SSSR count). The maximum absolute atomic E-state index is 12.5. The van der Waals surface area contributed by atoms with Crippen LogP contribution in [0.25, 0.3) is 0 Å². The Labute approximate surface area is 142 Å². The number of aryl methyl sites for hydroxylation is 1. The topological polar surface area (TPSA) is 72.2 Å². The minimum atomic E-state index is -0.668. The number of benzene rings is 2. The van der Waals surface area contributed by atoms with Crippen LogP contribution < -0.4 is 11.1 Å². The molecule has 0 aromatic heterocycles. The highest BCUT2D eigenvalue weighted by molar-refractivity contribution is 5.89. The monoisotopic (exact) mass is 322 g/mol. The molecule has 4 heteroatoms. The Balaban J connectivity index is 1.63. The SMILES string of the molecule is Cc1ccccc1[C@@H]1C[C@H]1C(=O)N[C@H](Cc1ccccc1)C(N)=O. The van der Waals surface area contributed by atoms with Gasteiger partial charge in [0.15, 0.2) is 0 Å². The summed E-state index contributed by atoms with van der Waals surface area (Å²) in [6.07, 6.45) is 1.25. The molecule has 2 amide bonds. The lowest BCUT2D eigenvalue weighted by molar-refractivity contribution is -0.128. The van der Waals surface area contributed by atoms with Crippen molar-refractivity contribution in [3.05, 3.63) is 71.3 Å². The van der Waals surface area contributed by atoms with Crippen molar-refractivity contribution in [1.29, 1.82) is 0 Å². The number of carbonyl (C=O) groups is 2. The summed E-state index contributed by atoms with van der Waals surface area (Å²) >= 11 is 0. The van der Waals surface area contributed by atoms with Crippen LogP contribution in [0, 0.1) is 12.8 Å². The highest BCUT2D eigenvalue weighted by atomic mass is 16.2. The van der Waals surface area contributed by atoms with Crippen LogP contribution in [0.15, 0.2) is 54.6 Å². The summed E-state index contributed by atoms with van der Waals surface area (Å²) < 4.78 is 0. The zero-order valence-corrected chi connectivity index (χ0v) is 13.7. The van der Waals surface area contributed by atoms with Crippen molar-refractivity contribution >= 4 is 11.8 Å². The number of hydrogen-bond donors (Lipinski definition) is 2. The van der Waals surface area contributed by atoms with Gasteiger partial charge in [-0.1, -0.05) is 54.6 Å². The van der Waals surface area contributed by atoms with E-state index in [1.54, 1.807) is 0 Å². The summed E-state index contributed by atoms with van der Waals surface area (Å²) in [5, 5.41) is 2.83. The predicted octanol–water partition coefficient (Wildman–Crippen LogP) is 2.31. The molecule has 3 N–H and O–H groups in total. The quantitative estimate of drug-likeness (QED) is 0.856. The molecule has 1 fully saturated rings. The zero-order valence-electron chi connectivity index (χ0n) is 13.7. The molecule has 1 aliphatic rings. The van der Waals surface area contributed by atoms with Crippen LogP contribution in [-0.2, 0) is 16.0 Å². The van der Waals surface area contributed by atoms with Gasteiger partial charge in [0.25, 0.3) is 0 Å². The number of carbonyl (C=O) groups excluding carboxylic acids is 2. The van der Waals surface area contributed by atoms with Crippen LogP contribution in [0.2, 0.25) is 0 Å². The Kier molecular flexibility index (Phi) is 4.65. The molecule has 24 heavy (non-hydrogen) atoms. The fourth-order valence-electron chi connectivity index (χ4n) is 3.18. The van der Waals surface area contributed by atoms with E-state index in [0.29, 0.717) is 6.42 Å². The van der Waals surface area contributed by atoms with E-state index in [1.807, 2.05) is 42.5 Å². The van der Waals surface area contributed by atoms with Crippen molar-refractivity contribution in [2.24, 2.45) is 11.7 Å². The van der Waals surface area contributed by atoms with E-state index in [4.69, 9.17) is 5.73 Å². The van der Waals surface area contributed by atoms with Crippen molar-refractivity contribution in [1.82, 2.24) is 5.32 Å². The Hall–Kier alpha value is -2.62. The summed E-state index contributed by atoms with van der Waals surface area (Å²) in [5.41, 5.74) is 8.87. The first-order chi connectivity index (χ1) is 11.6. The second-order valence-electron chi connectivity index (χ2n) is 6.46. The summed E-state index contributed by atoms with van der Waals surface area (Å²) in [6, 6.07) is 17.0. The first-order valence-corrected chi connectivity index (χ1v) is 8.25. The molecule has 0 radical (unpaired) electrons. The van der Waals surface area contributed by atoms with Gasteiger partial charge in [-0.05, 0) is 36.0 Å². The van der Waals surface area contributed by atoms with Gasteiger partial charge in [0.1, 0.15) is 6.04 Å². The van der Waals surface area contributed by atoms with Gasteiger partial charge in [-0.25, -0.2) is 0 Å². The average molecular weight is 322 g/mol. The molecule has 0 spiro atoms. The van der Waals surface area contributed by atoms with Crippen molar-refractivity contribution in [2.45, 2.75) is 31.7 Å². The van der Waals surface area contributed by atoms with Crippen LogP contribution in [0.4, 0.5) is 0 Å². The van der Waals surface area contributed by atoms with Gasteiger partial charge in [0, 0.05) is 12.3 Å². The van der Waals surface area contributed by atoms with Gasteiger partial charge in [-0.15, -0.1) is 0 Å². The van der Waals surface area contributed by atoms with Crippen molar-refractivity contribution < 1.29 is 9.59 Å². The molecule has 0 bridgehead atoms. The van der Waals surface area contributed by atoms with Gasteiger partial charge >= 0.3 is 0 Å². The summed E-state index contributed by atoms with van der Waals surface area (Å²) in [5.74, 6) is -0.400. The molecule has 1 saturated carbocycles. The number of primary amides is 1. The standard InChI is InChI=1S/C20H22N2O2/c1-13-7-5-6-10-15(13)16-12-17(16)20(24)22-18(19(21)23)11-14-8-3-2-4-9-14/h2-10,16-18H,11-12H2,1H3,(H2,21,23)(H,22,24)/t16-,17+,18+/m0/s1. The second kappa shape index (κ2) is 6.87. The minimum absolute atomic E-state index is 0.0660. The maximum Gasteiger partial charge on any atom is 0.240 e. The molecule has 0 unspecified atom stereocenters. The minimum Gasteiger partial charge on any atom is -0.368 e. The van der Waals surface area contributed by atoms with Crippen LogP contribution in [0.5, 0.6) is 0 Å². The van der Waals surface area contributed by atoms with Crippen LogP contribution in [0.3, 0.4) is 0 Å². The molecule has 3 atom stereocenters. The van der Waals surface area contributed by atoms with Crippen LogP contribution in [-0.4, -0.2) is 17.9 Å². The number of amides is 2. The lowest BCUT2D eigenvalue weighted by Gasteiger charge is -2.16. The molecule has 0 saturated heterocycles. The van der Waals surface area contributed by atoms with E-state index < -0.39 is 11.9 Å². The highest BCUT2D eigenvalue weighted by Crippen LogP contribution is 2.48. The Morgan fingerprint density at radius 1 is 1.12 bits per heavy atom. The third-order valence-electron chi connectivity index (χ3n) is 4.66. The first-order valence-electron chi connectivity index (χ1n) is 8.25. The van der Waals surface area contributed by atoms with Gasteiger partial charge < -0.3 is 11.1 Å². The van der Waals surface area contributed by atoms with Crippen molar-refractivity contribution in [3.8, 4) is 0 Å². The molecule has 2 aromatic rings. The van der Waals surface area contributed by atoms with E-state index in [2.05, 4.69) is 24.4 Å². The molecule has 4 nitrogen and oxygen atoms in total. The zero-order chi connectivity index (χ0) is 17.1. The number of nitrogens with two attached hydrogens (primary N) is 1. The largest absolute Gasteiger partial charge is 0.368 e. The van der Waals surface area contributed by atoms with E-state index in [9.17, 15) is 9.59 Å². The summed E-state index contributed by atoms with van der Waals surface area (Å²) in [7, 11) is 0. The molecule has 2 aromatic carbocycles. The van der Waals surface area contributed by atoms with Gasteiger partial charge in [0.05, 0.1) is 0 Å². The third kappa shape index (κ3) is 3.65. The molecule has 1 aliphatic carbocycles. The van der Waals surface area contributed by atoms with E-state index in [-0.39, 0.29) is 17.7 Å². The fourth-order valence-corrected chi connectivity index (χ4v) is 3.18. The van der Waals surface area contributed by atoms with Crippen molar-refractivity contribution in [2.75, 3.05) is 0 Å². The lowest BCUT2D eigenvalue weighted by Crippen LogP contribution is -2.46. The molecule has 0 heterocycles. The van der Waals surface area contributed by atoms with E-state index in [1.165, 1.54) is 11.1 Å². The van der Waals surface area contributed by atoms with Gasteiger partial charge in [-0.2, -0.15) is 0 Å². The first kappa shape index (κ1) is 16.2. The highest BCUT2D eigenvalue weighted by Gasteiger charge is 2.45. The van der Waals surface area contributed by atoms with E-state index >= 15 is 0 Å². The summed E-state index contributed by atoms with van der Waals surface area (Å²) in [4.78, 5) is 24.2. The Morgan fingerprint density at radius 2 is 1.79 bits per heavy atom. The van der Waals surface area contributed by atoms with Crippen LogP contribution >= 0.6 is 0 Å². The summed E-state index contributed by atoms with van der Waals surface area (Å²) in [6.45, 7) is 2.06. The number of rotatable bonds is 6. The predicted molar refractivity (Wildman–Crippen MR) is 93.3 cm³/mol. The molecule has 0 aliphatic heterocycles. The molecular formula is C20H22N2O2. The normalized spacial score (nSPS) is 20.2. The lowest BCUT2D eigenvalue weighted by atomic mass is 10.0. The average Bonchev–Trinajstić information content (AvgIpc) is 3.36. The van der Waals surface area contributed by atoms with Gasteiger partial charge in [-0.3, -0.25) is 9.59 Å².